The van der Waals surface area contributed by atoms with Crippen molar-refractivity contribution in [1.82, 2.24) is 15.2 Å². The molecular formula is C51H40N5NaO6S2. The quantitative estimate of drug-likeness (QED) is 0.0460. The fraction of sp³-hybridized carbons (Fsp3) is 0.118. The predicted octanol–water partition coefficient (Wildman–Crippen LogP) is 3.66. The second kappa shape index (κ2) is 19.8. The van der Waals surface area contributed by atoms with Gasteiger partial charge in [0.25, 0.3) is 11.8 Å². The van der Waals surface area contributed by atoms with Crippen LogP contribution < -0.4 is 45.3 Å². The average Bonchev–Trinajstić information content (AvgIpc) is 3.82. The summed E-state index contributed by atoms with van der Waals surface area (Å²) in [6, 6.07) is 57.7. The van der Waals surface area contributed by atoms with Crippen molar-refractivity contribution in [1.29, 1.82) is 0 Å². The van der Waals surface area contributed by atoms with Gasteiger partial charge in [-0.3, -0.25) is 14.5 Å². The largest absolute Gasteiger partial charge is 1.00 e. The van der Waals surface area contributed by atoms with Crippen LogP contribution in [0, 0.1) is 0 Å². The number of carboxylic acids is 1. The summed E-state index contributed by atoms with van der Waals surface area (Å²) in [5.74, 6) is -2.89. The molecule has 0 radical (unpaired) electrons. The summed E-state index contributed by atoms with van der Waals surface area (Å²) in [4.78, 5) is 53.6. The fourth-order valence-electron chi connectivity index (χ4n) is 8.38. The third-order valence-corrected chi connectivity index (χ3v) is 13.5. The van der Waals surface area contributed by atoms with Crippen LogP contribution in [0.1, 0.15) is 39.1 Å². The maximum atomic E-state index is 14.8. The zero-order chi connectivity index (χ0) is 44.1. The van der Waals surface area contributed by atoms with Gasteiger partial charge in [0.15, 0.2) is 10.8 Å². The minimum atomic E-state index is -1.58. The van der Waals surface area contributed by atoms with Crippen molar-refractivity contribution in [3.63, 3.8) is 0 Å². The topological polar surface area (TPSA) is 156 Å². The number of amides is 2. The van der Waals surface area contributed by atoms with E-state index in [0.717, 1.165) is 38.3 Å². The number of hydrogen-bond donors (Lipinski definition) is 3. The molecule has 2 aliphatic heterocycles. The molecule has 11 nitrogen and oxygen atoms in total. The number of β-lactam (4-membered cyclic amide) rings is 1. The number of thioether (sulfide) groups is 1. The first-order valence-electron chi connectivity index (χ1n) is 20.5. The molecule has 0 unspecified atom stereocenters. The van der Waals surface area contributed by atoms with Crippen LogP contribution >= 0.6 is 23.1 Å². The Morgan fingerprint density at radius 2 is 1.15 bits per heavy atom. The fourth-order valence-corrected chi connectivity index (χ4v) is 10.5. The molecule has 3 heterocycles. The number of oxime groups is 1. The Labute approximate surface area is 406 Å². The number of fused-ring (bicyclic) bond motifs is 1. The molecule has 9 rings (SSSR count). The van der Waals surface area contributed by atoms with Crippen LogP contribution in [0.25, 0.3) is 0 Å². The van der Waals surface area contributed by atoms with Crippen molar-refractivity contribution in [2.75, 3.05) is 17.7 Å². The smallest absolute Gasteiger partial charge is 0.543 e. The predicted molar refractivity (Wildman–Crippen MR) is 246 cm³/mol. The first-order chi connectivity index (χ1) is 31.3. The molecule has 2 amide bonds. The number of aliphatic carboxylic acids is 1. The molecule has 0 bridgehead atoms. The number of aliphatic hydroxyl groups is 1. The molecule has 0 saturated carbocycles. The molecule has 0 spiro atoms. The van der Waals surface area contributed by atoms with Gasteiger partial charge in [0, 0.05) is 27.8 Å². The number of aliphatic hydroxyl groups excluding tert-OH is 1. The number of carbonyl (C=O) groups excluding carboxylic acids is 3. The maximum Gasteiger partial charge on any atom is 1.00 e. The minimum absolute atomic E-state index is 0. The van der Waals surface area contributed by atoms with Crippen molar-refractivity contribution in [2.45, 2.75) is 22.6 Å². The van der Waals surface area contributed by atoms with Crippen molar-refractivity contribution in [3.8, 4) is 0 Å². The monoisotopic (exact) mass is 905 g/mol. The zero-order valence-corrected chi connectivity index (χ0v) is 38.7. The standard InChI is InChI=1S/C51H41N5O6S2.Na/c57-31-34-32-63-47-43(46(59)56(47)44(34)48(60)61)53-45(58)42(55-62-51(38-25-13-4-14-26-38,39-27-15-5-16-28-39)40-29-17-6-18-30-40)41-33-64-49(52-41)54-50(35-19-7-1-8-20-35,36-21-9-2-10-22-36)37-23-11-3-12-24-37;/h1-30,33,43,47,57H,31-32H2,(H,52,54)(H,53,58)(H,60,61);/q;+1/p-1/b55-42-;/t43-,47-;/m1./s1. The summed E-state index contributed by atoms with van der Waals surface area (Å²) in [5.41, 5.74) is 2.47. The number of carbonyl (C=O) groups is 3. The maximum absolute atomic E-state index is 14.8. The van der Waals surface area contributed by atoms with Crippen molar-refractivity contribution >= 4 is 51.7 Å². The second-order valence-electron chi connectivity index (χ2n) is 15.1. The van der Waals surface area contributed by atoms with Crippen molar-refractivity contribution < 1.29 is 59.0 Å². The van der Waals surface area contributed by atoms with E-state index in [1.807, 2.05) is 146 Å². The average molecular weight is 906 g/mol. The molecule has 3 N–H and O–H groups in total. The van der Waals surface area contributed by atoms with Gasteiger partial charge in [-0.2, -0.15) is 0 Å². The minimum Gasteiger partial charge on any atom is -0.543 e. The number of anilines is 1. The molecule has 2 aliphatic rings. The van der Waals surface area contributed by atoms with E-state index in [0.29, 0.717) is 5.13 Å². The molecule has 1 saturated heterocycles. The summed E-state index contributed by atoms with van der Waals surface area (Å²) in [6.45, 7) is -0.551. The Morgan fingerprint density at radius 1 is 0.723 bits per heavy atom. The number of thiazole rings is 1. The van der Waals surface area contributed by atoms with Crippen LogP contribution in [0.2, 0.25) is 0 Å². The van der Waals surface area contributed by atoms with Crippen LogP contribution in [-0.4, -0.2) is 62.3 Å². The van der Waals surface area contributed by atoms with Gasteiger partial charge in [0.1, 0.15) is 22.6 Å². The van der Waals surface area contributed by atoms with E-state index >= 15 is 0 Å². The van der Waals surface area contributed by atoms with Crippen molar-refractivity contribution in [2.24, 2.45) is 5.16 Å². The van der Waals surface area contributed by atoms with E-state index in [-0.39, 0.29) is 58.0 Å². The number of hydrogen-bond acceptors (Lipinski definition) is 11. The van der Waals surface area contributed by atoms with Gasteiger partial charge in [-0.25, -0.2) is 4.98 Å². The van der Waals surface area contributed by atoms with Crippen LogP contribution in [0.5, 0.6) is 0 Å². The molecule has 318 valence electrons. The molecular weight excluding hydrogens is 866 g/mol. The summed E-state index contributed by atoms with van der Waals surface area (Å²) in [7, 11) is 0. The normalized spacial score (nSPS) is 16.1. The summed E-state index contributed by atoms with van der Waals surface area (Å²) in [5, 5.41) is 34.8. The van der Waals surface area contributed by atoms with Crippen LogP contribution in [0.4, 0.5) is 5.13 Å². The summed E-state index contributed by atoms with van der Waals surface area (Å²) in [6.07, 6.45) is 0. The number of nitrogens with one attached hydrogen (secondary N) is 2. The van der Waals surface area contributed by atoms with E-state index in [9.17, 15) is 24.6 Å². The number of rotatable bonds is 15. The van der Waals surface area contributed by atoms with Gasteiger partial charge in [-0.1, -0.05) is 187 Å². The third kappa shape index (κ3) is 8.54. The number of aromatic nitrogens is 1. The van der Waals surface area contributed by atoms with E-state index in [1.165, 1.54) is 23.1 Å². The molecule has 1 aromatic heterocycles. The Morgan fingerprint density at radius 3 is 1.57 bits per heavy atom. The molecule has 7 aromatic rings. The van der Waals surface area contributed by atoms with Gasteiger partial charge in [-0.05, 0) is 22.3 Å². The Balaban J connectivity index is 0.00000576. The van der Waals surface area contributed by atoms with Gasteiger partial charge in [0.2, 0.25) is 5.60 Å². The summed E-state index contributed by atoms with van der Waals surface area (Å²) < 4.78 is 0. The van der Waals surface area contributed by atoms with E-state index in [2.05, 4.69) is 47.0 Å². The van der Waals surface area contributed by atoms with E-state index in [1.54, 1.807) is 5.38 Å². The molecule has 0 aliphatic carbocycles. The Hall–Kier alpha value is -6.32. The Kier molecular flexibility index (Phi) is 13.8. The third-order valence-electron chi connectivity index (χ3n) is 11.4. The first-order valence-corrected chi connectivity index (χ1v) is 22.4. The van der Waals surface area contributed by atoms with Gasteiger partial charge in [0.05, 0.1) is 18.3 Å². The number of carboxylic acid groups (broad SMARTS) is 1. The molecule has 14 heteroatoms. The molecule has 65 heavy (non-hydrogen) atoms. The van der Waals surface area contributed by atoms with Crippen LogP contribution in [0.15, 0.2) is 204 Å². The zero-order valence-electron chi connectivity index (χ0n) is 35.1. The van der Waals surface area contributed by atoms with Gasteiger partial charge >= 0.3 is 29.6 Å². The van der Waals surface area contributed by atoms with Gasteiger partial charge in [-0.15, -0.1) is 23.1 Å². The SMILES string of the molecule is O=C([O-])C1=C(CO)CS[C@@H]2[C@H](NC(=O)/C(=N\OC(c3ccccc3)(c3ccccc3)c3ccccc3)c3csc(NC(c4ccccc4)(c4ccccc4)c4ccccc4)n3)C(=O)N12.[Na+]. The van der Waals surface area contributed by atoms with Crippen LogP contribution in [-0.2, 0) is 30.4 Å². The Bertz CT molecular complexity index is 2640. The summed E-state index contributed by atoms with van der Waals surface area (Å²) >= 11 is 2.50. The molecule has 1 fully saturated rings. The molecule has 2 atom stereocenters. The van der Waals surface area contributed by atoms with Gasteiger partial charge < -0.3 is 30.5 Å². The number of benzene rings is 6. The number of nitrogens with zero attached hydrogens (tertiary/aromatic N) is 3. The van der Waals surface area contributed by atoms with Crippen LogP contribution in [0.3, 0.4) is 0 Å². The van der Waals surface area contributed by atoms with E-state index < -0.39 is 46.9 Å². The van der Waals surface area contributed by atoms with Crippen molar-refractivity contribution in [3.05, 3.63) is 238 Å². The molecule has 6 aromatic carbocycles. The van der Waals surface area contributed by atoms with E-state index in [4.69, 9.17) is 15.0 Å². The second-order valence-corrected chi connectivity index (χ2v) is 17.0. The first kappa shape index (κ1) is 45.3.